The minimum atomic E-state index is -4.56. The van der Waals surface area contributed by atoms with E-state index >= 15 is 4.39 Å². The maximum atomic E-state index is 15.1. The molecule has 2 aliphatic heterocycles. The number of hydrogen-bond acceptors (Lipinski definition) is 11. The summed E-state index contributed by atoms with van der Waals surface area (Å²) in [6, 6.07) is 9.89. The SMILES string of the molecule is Cc1nc(-c2cc(C(=O)NCc3nc(C(C)(C)C(F)(F)F)n[nH]3)on2)ncc1-c1ccc(C(C)N2CC3(CC(c4ccc(N5CCC(=O)NC5=O)c(F)c4)C3)C2)cn1. The van der Waals surface area contributed by atoms with Crippen molar-refractivity contribution in [1.82, 2.24) is 50.8 Å². The summed E-state index contributed by atoms with van der Waals surface area (Å²) in [5.74, 6) is -1.58. The van der Waals surface area contributed by atoms with Gasteiger partial charge >= 0.3 is 12.2 Å². The van der Waals surface area contributed by atoms with E-state index < -0.39 is 35.2 Å². The molecule has 302 valence electrons. The van der Waals surface area contributed by atoms with Gasteiger partial charge in [-0.1, -0.05) is 17.3 Å². The van der Waals surface area contributed by atoms with E-state index in [0.29, 0.717) is 17.0 Å². The molecule has 19 heteroatoms. The highest BCUT2D eigenvalue weighted by molar-refractivity contribution is 6.05. The Kier molecular flexibility index (Phi) is 9.60. The summed E-state index contributed by atoms with van der Waals surface area (Å²) in [5, 5.41) is 14.7. The smallest absolute Gasteiger partial charge is 0.350 e. The van der Waals surface area contributed by atoms with Crippen molar-refractivity contribution >= 4 is 23.5 Å². The molecule has 15 nitrogen and oxygen atoms in total. The maximum Gasteiger partial charge on any atom is 0.401 e. The molecule has 3 N–H and O–H groups in total. The highest BCUT2D eigenvalue weighted by Gasteiger charge is 2.54. The van der Waals surface area contributed by atoms with Crippen molar-refractivity contribution in [3.63, 3.8) is 0 Å². The number of nitrogens with zero attached hydrogens (tertiary/aromatic N) is 8. The number of aromatic amines is 1. The van der Waals surface area contributed by atoms with E-state index in [1.54, 1.807) is 12.3 Å². The van der Waals surface area contributed by atoms with Crippen LogP contribution in [0, 0.1) is 18.2 Å². The molecule has 4 amide bonds. The molecule has 8 rings (SSSR count). The van der Waals surface area contributed by atoms with Crippen molar-refractivity contribution in [2.45, 2.75) is 77.1 Å². The Morgan fingerprint density at radius 3 is 2.50 bits per heavy atom. The number of rotatable bonds is 10. The Labute approximate surface area is 329 Å². The van der Waals surface area contributed by atoms with Gasteiger partial charge in [0.05, 0.1) is 23.6 Å². The third-order valence-electron chi connectivity index (χ3n) is 11.5. The quantitative estimate of drug-likeness (QED) is 0.142. The number of aryl methyl sites for hydroxylation is 1. The molecular weight excluding hydrogens is 762 g/mol. The fourth-order valence-corrected chi connectivity index (χ4v) is 7.74. The summed E-state index contributed by atoms with van der Waals surface area (Å²) < 4.78 is 60.3. The summed E-state index contributed by atoms with van der Waals surface area (Å²) in [7, 11) is 0. The van der Waals surface area contributed by atoms with E-state index in [9.17, 15) is 27.6 Å². The highest BCUT2D eigenvalue weighted by atomic mass is 19.4. The first kappa shape index (κ1) is 38.7. The van der Waals surface area contributed by atoms with Crippen LogP contribution < -0.4 is 15.5 Å². The molecule has 1 atom stereocenters. The summed E-state index contributed by atoms with van der Waals surface area (Å²) >= 11 is 0. The number of carbonyl (C=O) groups is 3. The third-order valence-corrected chi connectivity index (χ3v) is 11.5. The molecule has 6 heterocycles. The average Bonchev–Trinajstić information content (AvgIpc) is 3.84. The largest absolute Gasteiger partial charge is 0.401 e. The number of carbonyl (C=O) groups excluding carboxylic acids is 3. The molecule has 2 saturated heterocycles. The van der Waals surface area contributed by atoms with Gasteiger partial charge in [-0.15, -0.1) is 0 Å². The second-order valence-electron chi connectivity index (χ2n) is 15.8. The summed E-state index contributed by atoms with van der Waals surface area (Å²) in [6.45, 7) is 7.69. The fraction of sp³-hybridized carbons (Fsp3) is 0.410. The number of nitrogens with one attached hydrogen (secondary N) is 3. The van der Waals surface area contributed by atoms with Crippen molar-refractivity contribution in [1.29, 1.82) is 0 Å². The van der Waals surface area contributed by atoms with Gasteiger partial charge in [0.25, 0.3) is 5.91 Å². The van der Waals surface area contributed by atoms with Gasteiger partial charge in [-0.25, -0.2) is 24.1 Å². The standard InChI is InChI=1S/C39H39F4N11O4/c1-20-25(16-45-33(47-20)28-12-30(58-52-28)34(56)46-17-31-48-35(51-50-31)37(3,4)39(41,42)43)27-7-5-23(15-44-27)21(2)53-18-38(19-53)13-24(14-38)22-6-8-29(26(40)11-22)54-10-9-32(55)49-36(54)57/h5-8,11-12,15-16,21,24H,9-10,13-14,17-19H2,1-4H3,(H,46,56)(H,48,50,51)(H,49,55,57). The number of H-pyrrole nitrogens is 1. The zero-order valence-electron chi connectivity index (χ0n) is 31.9. The van der Waals surface area contributed by atoms with Gasteiger partial charge in [-0.3, -0.25) is 34.8 Å². The molecule has 0 bridgehead atoms. The van der Waals surface area contributed by atoms with Crippen molar-refractivity contribution in [2.24, 2.45) is 5.41 Å². The molecule has 3 fully saturated rings. The monoisotopic (exact) mass is 801 g/mol. The molecule has 1 aromatic carbocycles. The number of likely N-dealkylation sites (tertiary alicyclic amines) is 1. The Morgan fingerprint density at radius 2 is 1.83 bits per heavy atom. The van der Waals surface area contributed by atoms with Crippen LogP contribution in [0.1, 0.15) is 91.0 Å². The number of halogens is 4. The van der Waals surface area contributed by atoms with E-state index in [2.05, 4.69) is 52.8 Å². The van der Waals surface area contributed by atoms with E-state index in [1.807, 2.05) is 31.3 Å². The first-order valence-corrected chi connectivity index (χ1v) is 18.7. The van der Waals surface area contributed by atoms with Crippen LogP contribution in [0.3, 0.4) is 0 Å². The Morgan fingerprint density at radius 1 is 1.05 bits per heavy atom. The Bertz CT molecular complexity index is 2400. The topological polar surface area (TPSA) is 188 Å². The van der Waals surface area contributed by atoms with Crippen molar-refractivity contribution in [3.05, 3.63) is 88.8 Å². The zero-order chi connectivity index (χ0) is 41.1. The van der Waals surface area contributed by atoms with E-state index in [0.717, 1.165) is 50.9 Å². The predicted octanol–water partition coefficient (Wildman–Crippen LogP) is 5.92. The molecule has 3 aliphatic rings. The fourth-order valence-electron chi connectivity index (χ4n) is 7.74. The lowest BCUT2D eigenvalue weighted by molar-refractivity contribution is -0.182. The normalized spacial score (nSPS) is 17.8. The third kappa shape index (κ3) is 7.18. The van der Waals surface area contributed by atoms with Crippen LogP contribution in [-0.2, 0) is 16.8 Å². The minimum Gasteiger partial charge on any atom is -0.350 e. The minimum absolute atomic E-state index is 0.0381. The second kappa shape index (κ2) is 14.4. The molecular formula is C39H39F4N11O4. The van der Waals surface area contributed by atoms with Crippen molar-refractivity contribution in [2.75, 3.05) is 24.5 Å². The first-order chi connectivity index (χ1) is 27.5. The van der Waals surface area contributed by atoms with Crippen LogP contribution in [0.15, 0.2) is 53.3 Å². The van der Waals surface area contributed by atoms with E-state index in [1.165, 1.54) is 17.0 Å². The Hall–Kier alpha value is -6.11. The highest BCUT2D eigenvalue weighted by Crippen LogP contribution is 2.57. The van der Waals surface area contributed by atoms with Gasteiger partial charge < -0.3 is 9.84 Å². The number of aromatic nitrogens is 7. The van der Waals surface area contributed by atoms with Crippen molar-refractivity contribution < 1.29 is 36.5 Å². The van der Waals surface area contributed by atoms with Crippen molar-refractivity contribution in [3.8, 4) is 22.8 Å². The Balaban J connectivity index is 0.830. The molecule has 1 spiro atoms. The van der Waals surface area contributed by atoms with Gasteiger partial charge in [0.1, 0.15) is 17.1 Å². The number of alkyl halides is 3. The van der Waals surface area contributed by atoms with Crippen LogP contribution in [0.5, 0.6) is 0 Å². The number of imide groups is 1. The molecule has 58 heavy (non-hydrogen) atoms. The number of pyridine rings is 1. The van der Waals surface area contributed by atoms with Crippen LogP contribution in [0.25, 0.3) is 22.8 Å². The summed E-state index contributed by atoms with van der Waals surface area (Å²) in [5.41, 5.74) is 2.32. The lowest BCUT2D eigenvalue weighted by Gasteiger charge is -2.61. The predicted molar refractivity (Wildman–Crippen MR) is 198 cm³/mol. The maximum absolute atomic E-state index is 15.1. The van der Waals surface area contributed by atoms with Gasteiger partial charge in [0.15, 0.2) is 17.3 Å². The summed E-state index contributed by atoms with van der Waals surface area (Å²) in [4.78, 5) is 57.6. The number of urea groups is 1. The average molecular weight is 802 g/mol. The number of benzene rings is 1. The van der Waals surface area contributed by atoms with Crippen LogP contribution >= 0.6 is 0 Å². The van der Waals surface area contributed by atoms with Gasteiger partial charge in [0, 0.05) is 56.1 Å². The van der Waals surface area contributed by atoms with E-state index in [-0.39, 0.29) is 71.6 Å². The lowest BCUT2D eigenvalue weighted by atomic mass is 9.56. The van der Waals surface area contributed by atoms with Crippen LogP contribution in [-0.4, -0.2) is 83.8 Å². The molecule has 4 aromatic heterocycles. The van der Waals surface area contributed by atoms with Gasteiger partial charge in [-0.05, 0) is 81.2 Å². The van der Waals surface area contributed by atoms with E-state index in [4.69, 9.17) is 9.51 Å². The molecule has 0 radical (unpaired) electrons. The molecule has 1 saturated carbocycles. The molecule has 1 unspecified atom stereocenters. The number of anilines is 1. The number of hydrogen-bond donors (Lipinski definition) is 3. The molecule has 1 aliphatic carbocycles. The van der Waals surface area contributed by atoms with Crippen LogP contribution in [0.4, 0.5) is 28.0 Å². The molecule has 5 aromatic rings. The zero-order valence-corrected chi connectivity index (χ0v) is 31.9. The summed E-state index contributed by atoms with van der Waals surface area (Å²) in [6.07, 6.45) is 0.977. The van der Waals surface area contributed by atoms with Gasteiger partial charge in [-0.2, -0.15) is 18.3 Å². The lowest BCUT2D eigenvalue weighted by Crippen LogP contribution is -2.61. The second-order valence-corrected chi connectivity index (χ2v) is 15.8. The number of amides is 4. The van der Waals surface area contributed by atoms with Gasteiger partial charge in [0.2, 0.25) is 11.7 Å². The van der Waals surface area contributed by atoms with Crippen LogP contribution in [0.2, 0.25) is 0 Å². The first-order valence-electron chi connectivity index (χ1n) is 18.7.